The highest BCUT2D eigenvalue weighted by molar-refractivity contribution is 5.34. The fourth-order valence-electron chi connectivity index (χ4n) is 1.96. The van der Waals surface area contributed by atoms with Crippen LogP contribution in [0.4, 0.5) is 0 Å². The van der Waals surface area contributed by atoms with Crippen molar-refractivity contribution < 1.29 is 5.11 Å². The second-order valence-corrected chi connectivity index (χ2v) is 6.18. The van der Waals surface area contributed by atoms with E-state index in [2.05, 4.69) is 51.2 Å². The molecule has 1 aromatic carbocycles. The van der Waals surface area contributed by atoms with E-state index < -0.39 is 0 Å². The van der Waals surface area contributed by atoms with E-state index in [4.69, 9.17) is 5.11 Å². The third-order valence-corrected chi connectivity index (χ3v) is 3.37. The molecule has 0 aliphatic heterocycles. The van der Waals surface area contributed by atoms with Gasteiger partial charge in [0.2, 0.25) is 0 Å². The lowest BCUT2D eigenvalue weighted by molar-refractivity contribution is 0.252. The van der Waals surface area contributed by atoms with Crippen molar-refractivity contribution in [2.45, 2.75) is 52.5 Å². The normalized spacial score (nSPS) is 13.7. The quantitative estimate of drug-likeness (QED) is 0.841. The Labute approximate surface area is 111 Å². The molecule has 102 valence electrons. The first-order valence-electron chi connectivity index (χ1n) is 6.79. The monoisotopic (exact) mass is 249 g/mol. The zero-order valence-electron chi connectivity index (χ0n) is 12.4. The van der Waals surface area contributed by atoms with Crippen molar-refractivity contribution in [3.8, 4) is 0 Å². The van der Waals surface area contributed by atoms with E-state index in [1.54, 1.807) is 0 Å². The van der Waals surface area contributed by atoms with Gasteiger partial charge in [0.15, 0.2) is 0 Å². The van der Waals surface area contributed by atoms with Gasteiger partial charge in [-0.05, 0) is 48.9 Å². The second kappa shape index (κ2) is 6.35. The molecule has 2 nitrogen and oxygen atoms in total. The van der Waals surface area contributed by atoms with Gasteiger partial charge >= 0.3 is 0 Å². The molecule has 0 fully saturated rings. The van der Waals surface area contributed by atoms with E-state index in [0.717, 1.165) is 13.0 Å². The molecule has 0 saturated heterocycles. The minimum Gasteiger partial charge on any atom is -0.395 e. The number of aryl methyl sites for hydroxylation is 1. The number of hydrogen-bond acceptors (Lipinski definition) is 2. The minimum absolute atomic E-state index is 0.180. The van der Waals surface area contributed by atoms with E-state index in [9.17, 15) is 0 Å². The SMILES string of the molecule is Cc1cc(C(C)(C)C)ccc1CCNC(C)CO. The Kier molecular flexibility index (Phi) is 5.36. The molecule has 1 aromatic rings. The van der Waals surface area contributed by atoms with Gasteiger partial charge in [-0.2, -0.15) is 0 Å². The molecule has 0 bridgehead atoms. The molecule has 2 heteroatoms. The number of nitrogens with one attached hydrogen (secondary N) is 1. The molecule has 1 rings (SSSR count). The van der Waals surface area contributed by atoms with Crippen molar-refractivity contribution in [1.82, 2.24) is 5.32 Å². The fourth-order valence-corrected chi connectivity index (χ4v) is 1.96. The summed E-state index contributed by atoms with van der Waals surface area (Å²) in [4.78, 5) is 0. The Morgan fingerprint density at radius 1 is 1.28 bits per heavy atom. The maximum Gasteiger partial charge on any atom is 0.0581 e. The van der Waals surface area contributed by atoms with E-state index in [0.29, 0.717) is 0 Å². The summed E-state index contributed by atoms with van der Waals surface area (Å²) in [6, 6.07) is 6.95. The van der Waals surface area contributed by atoms with Gasteiger partial charge in [-0.3, -0.25) is 0 Å². The van der Waals surface area contributed by atoms with Crippen molar-refractivity contribution in [3.63, 3.8) is 0 Å². The first-order chi connectivity index (χ1) is 8.34. The molecule has 1 unspecified atom stereocenters. The summed E-state index contributed by atoms with van der Waals surface area (Å²) < 4.78 is 0. The highest BCUT2D eigenvalue weighted by Crippen LogP contribution is 2.24. The van der Waals surface area contributed by atoms with Gasteiger partial charge in [0.25, 0.3) is 0 Å². The topological polar surface area (TPSA) is 32.3 Å². The van der Waals surface area contributed by atoms with Crippen LogP contribution >= 0.6 is 0 Å². The summed E-state index contributed by atoms with van der Waals surface area (Å²) in [5.74, 6) is 0. The maximum atomic E-state index is 8.95. The van der Waals surface area contributed by atoms with Crippen LogP contribution in [-0.4, -0.2) is 24.3 Å². The largest absolute Gasteiger partial charge is 0.395 e. The number of hydrogen-bond donors (Lipinski definition) is 2. The third-order valence-electron chi connectivity index (χ3n) is 3.37. The lowest BCUT2D eigenvalue weighted by Crippen LogP contribution is -2.31. The summed E-state index contributed by atoms with van der Waals surface area (Å²) in [7, 11) is 0. The Bertz CT molecular complexity index is 379. The third kappa shape index (κ3) is 4.43. The molecule has 18 heavy (non-hydrogen) atoms. The zero-order chi connectivity index (χ0) is 13.8. The van der Waals surface area contributed by atoms with Gasteiger partial charge in [-0.25, -0.2) is 0 Å². The van der Waals surface area contributed by atoms with Crippen LogP contribution in [0.1, 0.15) is 44.4 Å². The second-order valence-electron chi connectivity index (χ2n) is 6.18. The standard InChI is InChI=1S/C16H27NO/c1-12-10-15(16(3,4)5)7-6-14(12)8-9-17-13(2)11-18/h6-7,10,13,17-18H,8-9,11H2,1-5H3. The van der Waals surface area contributed by atoms with E-state index in [-0.39, 0.29) is 18.1 Å². The Morgan fingerprint density at radius 2 is 1.94 bits per heavy atom. The maximum absolute atomic E-state index is 8.95. The smallest absolute Gasteiger partial charge is 0.0581 e. The molecule has 0 saturated carbocycles. The van der Waals surface area contributed by atoms with E-state index >= 15 is 0 Å². The molecular formula is C16H27NO. The molecule has 0 aliphatic rings. The van der Waals surface area contributed by atoms with Crippen molar-refractivity contribution in [1.29, 1.82) is 0 Å². The zero-order valence-corrected chi connectivity index (χ0v) is 12.4. The van der Waals surface area contributed by atoms with Crippen LogP contribution in [0.15, 0.2) is 18.2 Å². The van der Waals surface area contributed by atoms with Crippen molar-refractivity contribution in [2.75, 3.05) is 13.2 Å². The molecule has 0 spiro atoms. The molecule has 0 aromatic heterocycles. The first kappa shape index (κ1) is 15.2. The molecule has 1 atom stereocenters. The fraction of sp³-hybridized carbons (Fsp3) is 0.625. The van der Waals surface area contributed by atoms with Gasteiger partial charge in [-0.1, -0.05) is 39.0 Å². The summed E-state index contributed by atoms with van der Waals surface area (Å²) in [5, 5.41) is 12.3. The van der Waals surface area contributed by atoms with Crippen LogP contribution in [0.2, 0.25) is 0 Å². The molecule has 0 radical (unpaired) electrons. The average Bonchev–Trinajstić information content (AvgIpc) is 2.29. The summed E-state index contributed by atoms with van der Waals surface area (Å²) >= 11 is 0. The minimum atomic E-state index is 0.180. The Hall–Kier alpha value is -0.860. The van der Waals surface area contributed by atoms with Crippen LogP contribution in [0.5, 0.6) is 0 Å². The van der Waals surface area contributed by atoms with Gasteiger partial charge in [-0.15, -0.1) is 0 Å². The van der Waals surface area contributed by atoms with E-state index in [1.165, 1.54) is 16.7 Å². The number of benzene rings is 1. The lowest BCUT2D eigenvalue weighted by atomic mass is 9.85. The lowest BCUT2D eigenvalue weighted by Gasteiger charge is -2.21. The van der Waals surface area contributed by atoms with Gasteiger partial charge in [0, 0.05) is 6.04 Å². The summed E-state index contributed by atoms with van der Waals surface area (Å²) in [5.41, 5.74) is 4.36. The average molecular weight is 249 g/mol. The molecule has 0 aliphatic carbocycles. The van der Waals surface area contributed by atoms with Crippen LogP contribution in [-0.2, 0) is 11.8 Å². The van der Waals surface area contributed by atoms with Crippen LogP contribution in [0.3, 0.4) is 0 Å². The highest BCUT2D eigenvalue weighted by Gasteiger charge is 2.14. The van der Waals surface area contributed by atoms with Gasteiger partial charge < -0.3 is 10.4 Å². The Morgan fingerprint density at radius 3 is 2.44 bits per heavy atom. The van der Waals surface area contributed by atoms with Crippen LogP contribution < -0.4 is 5.32 Å². The summed E-state index contributed by atoms with van der Waals surface area (Å²) in [6.45, 7) is 12.0. The predicted molar refractivity (Wildman–Crippen MR) is 78.1 cm³/mol. The molecule has 0 heterocycles. The Balaban J connectivity index is 2.63. The van der Waals surface area contributed by atoms with E-state index in [1.807, 2.05) is 6.92 Å². The molecule has 0 amide bonds. The van der Waals surface area contributed by atoms with Gasteiger partial charge in [0.1, 0.15) is 0 Å². The summed E-state index contributed by atoms with van der Waals surface area (Å²) in [6.07, 6.45) is 1.01. The first-order valence-corrected chi connectivity index (χ1v) is 6.79. The number of aliphatic hydroxyl groups excluding tert-OH is 1. The van der Waals surface area contributed by atoms with Gasteiger partial charge in [0.05, 0.1) is 6.61 Å². The highest BCUT2D eigenvalue weighted by atomic mass is 16.3. The van der Waals surface area contributed by atoms with Crippen LogP contribution in [0.25, 0.3) is 0 Å². The van der Waals surface area contributed by atoms with Crippen LogP contribution in [0, 0.1) is 6.92 Å². The number of aliphatic hydroxyl groups is 1. The number of rotatable bonds is 5. The van der Waals surface area contributed by atoms with Crippen molar-refractivity contribution in [2.24, 2.45) is 0 Å². The molecular weight excluding hydrogens is 222 g/mol. The molecule has 2 N–H and O–H groups in total. The van der Waals surface area contributed by atoms with Crippen molar-refractivity contribution in [3.05, 3.63) is 34.9 Å². The van der Waals surface area contributed by atoms with Crippen molar-refractivity contribution >= 4 is 0 Å². The predicted octanol–water partition coefficient (Wildman–Crippen LogP) is 2.81.